The fraction of sp³-hybridized carbons (Fsp3) is 0.200. The molecule has 3 rings (SSSR count). The summed E-state index contributed by atoms with van der Waals surface area (Å²) < 4.78 is 27.2. The van der Waals surface area contributed by atoms with E-state index in [2.05, 4.69) is 5.32 Å². The fourth-order valence-corrected chi connectivity index (χ4v) is 5.13. The predicted molar refractivity (Wildman–Crippen MR) is 127 cm³/mol. The maximum Gasteiger partial charge on any atom is 0.221 e. The van der Waals surface area contributed by atoms with Gasteiger partial charge in [0.2, 0.25) is 5.91 Å². The van der Waals surface area contributed by atoms with Crippen molar-refractivity contribution in [1.82, 2.24) is 0 Å². The van der Waals surface area contributed by atoms with Crippen molar-refractivity contribution >= 4 is 32.9 Å². The van der Waals surface area contributed by atoms with E-state index < -0.39 is 15.1 Å². The molecule has 0 radical (unpaired) electrons. The summed E-state index contributed by atoms with van der Waals surface area (Å²) in [5.74, 6) is -0.487. The number of hydrogen-bond donors (Lipinski definition) is 1. The van der Waals surface area contributed by atoms with Gasteiger partial charge in [-0.2, -0.15) is 0 Å². The molecule has 0 aliphatic carbocycles. The zero-order valence-corrected chi connectivity index (χ0v) is 19.1. The lowest BCUT2D eigenvalue weighted by atomic mass is 10.0. The smallest absolute Gasteiger partial charge is 0.221 e. The number of carbonyl (C=O) groups is 2. The minimum atomic E-state index is -3.88. The number of sulfone groups is 1. The third-order valence-corrected chi connectivity index (χ3v) is 7.24. The summed E-state index contributed by atoms with van der Waals surface area (Å²) in [6.45, 7) is 1.38. The molecule has 0 saturated carbocycles. The molecule has 1 atom stereocenters. The van der Waals surface area contributed by atoms with Gasteiger partial charge in [0, 0.05) is 44.4 Å². The van der Waals surface area contributed by atoms with E-state index in [1.54, 1.807) is 48.5 Å². The maximum absolute atomic E-state index is 13.6. The Kier molecular flexibility index (Phi) is 7.10. The highest BCUT2D eigenvalue weighted by Crippen LogP contribution is 2.34. The second-order valence-electron chi connectivity index (χ2n) is 7.72. The zero-order chi connectivity index (χ0) is 23.3. The molecule has 0 heterocycles. The first-order chi connectivity index (χ1) is 15.2. The number of anilines is 2. The SMILES string of the molecule is CC(=O)Nc1ccc(S(=O)(=O)C(CC(=O)c2ccccc2)c2ccc(N(C)C)cc2)cc1. The number of nitrogens with one attached hydrogen (secondary N) is 1. The molecule has 1 unspecified atom stereocenters. The molecule has 6 nitrogen and oxygen atoms in total. The Morgan fingerprint density at radius 2 is 1.47 bits per heavy atom. The summed E-state index contributed by atoms with van der Waals surface area (Å²) in [6.07, 6.45) is -0.179. The summed E-state index contributed by atoms with van der Waals surface area (Å²) in [5, 5.41) is 1.58. The summed E-state index contributed by atoms with van der Waals surface area (Å²) >= 11 is 0. The van der Waals surface area contributed by atoms with E-state index in [0.29, 0.717) is 16.8 Å². The number of rotatable bonds is 8. The first-order valence-corrected chi connectivity index (χ1v) is 11.7. The molecular weight excluding hydrogens is 424 g/mol. The molecule has 0 aliphatic heterocycles. The number of nitrogens with zero attached hydrogens (tertiary/aromatic N) is 1. The van der Waals surface area contributed by atoms with Crippen LogP contribution in [0.25, 0.3) is 0 Å². The van der Waals surface area contributed by atoms with Crippen LogP contribution in [0.4, 0.5) is 11.4 Å². The lowest BCUT2D eigenvalue weighted by molar-refractivity contribution is -0.114. The molecule has 7 heteroatoms. The van der Waals surface area contributed by atoms with Crippen LogP contribution in [0.1, 0.15) is 34.5 Å². The van der Waals surface area contributed by atoms with Crippen LogP contribution in [0.2, 0.25) is 0 Å². The molecule has 1 N–H and O–H groups in total. The summed E-state index contributed by atoms with van der Waals surface area (Å²) in [7, 11) is -0.0795. The van der Waals surface area contributed by atoms with E-state index in [-0.39, 0.29) is 23.0 Å². The Morgan fingerprint density at radius 3 is 2.00 bits per heavy atom. The van der Waals surface area contributed by atoms with E-state index in [0.717, 1.165) is 5.69 Å². The first kappa shape index (κ1) is 23.2. The number of Topliss-reactive ketones (excluding diaryl/α,β-unsaturated/α-hetero) is 1. The highest BCUT2D eigenvalue weighted by atomic mass is 32.2. The van der Waals surface area contributed by atoms with Gasteiger partial charge in [-0.05, 0) is 42.0 Å². The third kappa shape index (κ3) is 5.42. The van der Waals surface area contributed by atoms with Crippen LogP contribution in [0, 0.1) is 0 Å². The summed E-state index contributed by atoms with van der Waals surface area (Å²) in [5.41, 5.74) is 2.45. The second kappa shape index (κ2) is 9.78. The molecule has 0 aliphatic rings. The van der Waals surface area contributed by atoms with Crippen molar-refractivity contribution in [3.8, 4) is 0 Å². The summed E-state index contributed by atoms with van der Waals surface area (Å²) in [6, 6.07) is 21.8. The Labute approximate surface area is 188 Å². The van der Waals surface area contributed by atoms with Gasteiger partial charge in [0.05, 0.1) is 10.1 Å². The largest absolute Gasteiger partial charge is 0.378 e. The number of benzene rings is 3. The van der Waals surface area contributed by atoms with E-state index in [4.69, 9.17) is 0 Å². The van der Waals surface area contributed by atoms with Gasteiger partial charge in [-0.3, -0.25) is 9.59 Å². The summed E-state index contributed by atoms with van der Waals surface area (Å²) in [4.78, 5) is 26.2. The molecule has 1 amide bonds. The molecular formula is C25H26N2O4S. The topological polar surface area (TPSA) is 83.5 Å². The van der Waals surface area contributed by atoms with Crippen LogP contribution in [-0.4, -0.2) is 34.2 Å². The van der Waals surface area contributed by atoms with Crippen LogP contribution < -0.4 is 10.2 Å². The zero-order valence-electron chi connectivity index (χ0n) is 18.3. The minimum Gasteiger partial charge on any atom is -0.378 e. The van der Waals surface area contributed by atoms with Crippen LogP contribution in [0.15, 0.2) is 83.8 Å². The average molecular weight is 451 g/mol. The Bertz CT molecular complexity index is 1190. The van der Waals surface area contributed by atoms with Gasteiger partial charge in [-0.1, -0.05) is 42.5 Å². The highest BCUT2D eigenvalue weighted by Gasteiger charge is 2.31. The standard InChI is InChI=1S/C25H26N2O4S/c1-18(28)26-21-11-15-23(16-12-21)32(30,31)25(17-24(29)19-7-5-4-6-8-19)20-9-13-22(14-10-20)27(2)3/h4-16,25H,17H2,1-3H3,(H,26,28). The van der Waals surface area contributed by atoms with Gasteiger partial charge < -0.3 is 10.2 Å². The van der Waals surface area contributed by atoms with E-state index in [9.17, 15) is 18.0 Å². The Morgan fingerprint density at radius 1 is 0.875 bits per heavy atom. The second-order valence-corrected chi connectivity index (χ2v) is 9.85. The van der Waals surface area contributed by atoms with Gasteiger partial charge in [0.1, 0.15) is 0 Å². The average Bonchev–Trinajstić information content (AvgIpc) is 2.78. The Balaban J connectivity index is 2.00. The van der Waals surface area contributed by atoms with Crippen molar-refractivity contribution in [2.45, 2.75) is 23.5 Å². The van der Waals surface area contributed by atoms with Crippen molar-refractivity contribution in [3.63, 3.8) is 0 Å². The minimum absolute atomic E-state index is 0.0918. The van der Waals surface area contributed by atoms with Gasteiger partial charge in [0.15, 0.2) is 15.6 Å². The van der Waals surface area contributed by atoms with Crippen molar-refractivity contribution in [2.24, 2.45) is 0 Å². The van der Waals surface area contributed by atoms with Crippen molar-refractivity contribution in [1.29, 1.82) is 0 Å². The van der Waals surface area contributed by atoms with E-state index >= 15 is 0 Å². The van der Waals surface area contributed by atoms with Gasteiger partial charge in [-0.25, -0.2) is 8.42 Å². The van der Waals surface area contributed by atoms with Crippen LogP contribution >= 0.6 is 0 Å². The molecule has 0 fully saturated rings. The van der Waals surface area contributed by atoms with E-state index in [1.807, 2.05) is 37.2 Å². The van der Waals surface area contributed by atoms with Crippen LogP contribution in [0.5, 0.6) is 0 Å². The predicted octanol–water partition coefficient (Wildman–Crippen LogP) is 4.50. The molecule has 0 bridgehead atoms. The van der Waals surface area contributed by atoms with Crippen molar-refractivity contribution in [3.05, 3.63) is 90.0 Å². The quantitative estimate of drug-likeness (QED) is 0.511. The van der Waals surface area contributed by atoms with Crippen LogP contribution in [-0.2, 0) is 14.6 Å². The lowest BCUT2D eigenvalue weighted by Crippen LogP contribution is -2.18. The molecule has 3 aromatic rings. The molecule has 166 valence electrons. The number of hydrogen-bond acceptors (Lipinski definition) is 5. The third-order valence-electron chi connectivity index (χ3n) is 5.13. The van der Waals surface area contributed by atoms with Gasteiger partial charge in [-0.15, -0.1) is 0 Å². The molecule has 0 aromatic heterocycles. The fourth-order valence-electron chi connectivity index (χ4n) is 3.40. The van der Waals surface area contributed by atoms with Crippen molar-refractivity contribution in [2.75, 3.05) is 24.3 Å². The monoisotopic (exact) mass is 450 g/mol. The highest BCUT2D eigenvalue weighted by molar-refractivity contribution is 7.91. The Hall–Kier alpha value is -3.45. The number of carbonyl (C=O) groups excluding carboxylic acids is 2. The van der Waals surface area contributed by atoms with Gasteiger partial charge in [0.25, 0.3) is 0 Å². The normalized spacial score (nSPS) is 12.1. The lowest BCUT2D eigenvalue weighted by Gasteiger charge is -2.20. The maximum atomic E-state index is 13.6. The molecule has 0 saturated heterocycles. The number of ketones is 1. The first-order valence-electron chi connectivity index (χ1n) is 10.2. The molecule has 32 heavy (non-hydrogen) atoms. The van der Waals surface area contributed by atoms with Gasteiger partial charge >= 0.3 is 0 Å². The molecule has 0 spiro atoms. The van der Waals surface area contributed by atoms with E-state index in [1.165, 1.54) is 19.1 Å². The molecule has 3 aromatic carbocycles. The van der Waals surface area contributed by atoms with Crippen molar-refractivity contribution < 1.29 is 18.0 Å². The number of amides is 1. The van der Waals surface area contributed by atoms with Crippen LogP contribution in [0.3, 0.4) is 0 Å².